The van der Waals surface area contributed by atoms with E-state index in [0.717, 1.165) is 43.8 Å². The fourth-order valence-corrected chi connectivity index (χ4v) is 5.36. The topological polar surface area (TPSA) is 87.2 Å². The van der Waals surface area contributed by atoms with E-state index < -0.39 is 0 Å². The molecule has 0 aliphatic carbocycles. The third-order valence-corrected chi connectivity index (χ3v) is 7.16. The summed E-state index contributed by atoms with van der Waals surface area (Å²) in [7, 11) is 0. The Labute approximate surface area is 181 Å². The van der Waals surface area contributed by atoms with Gasteiger partial charge in [-0.05, 0) is 50.9 Å². The number of hydrogen-bond donors (Lipinski definition) is 1. The lowest BCUT2D eigenvalue weighted by molar-refractivity contribution is -0.152. The van der Waals surface area contributed by atoms with Gasteiger partial charge in [-0.3, -0.25) is 19.3 Å². The molecule has 0 aromatic heterocycles. The van der Waals surface area contributed by atoms with Crippen molar-refractivity contribution < 1.29 is 24.2 Å². The summed E-state index contributed by atoms with van der Waals surface area (Å²) in [6, 6.07) is 10.0. The Morgan fingerprint density at radius 3 is 2.43 bits per heavy atom. The molecule has 7 nitrogen and oxygen atoms in total. The zero-order valence-corrected chi connectivity index (χ0v) is 18.0. The number of benzene rings is 1. The third kappa shape index (κ3) is 5.76. The van der Waals surface area contributed by atoms with Crippen LogP contribution in [0.4, 0.5) is 0 Å². The molecule has 1 unspecified atom stereocenters. The maximum absolute atomic E-state index is 12.6. The average Bonchev–Trinajstić information content (AvgIpc) is 3.36. The van der Waals surface area contributed by atoms with Crippen molar-refractivity contribution in [3.05, 3.63) is 30.3 Å². The minimum absolute atomic E-state index is 0.0301. The fraction of sp³-hybridized carbons (Fsp3) is 0.591. The van der Waals surface area contributed by atoms with Crippen molar-refractivity contribution in [1.29, 1.82) is 0 Å². The molecule has 4 rings (SSSR count). The van der Waals surface area contributed by atoms with Gasteiger partial charge in [-0.25, -0.2) is 0 Å². The van der Waals surface area contributed by atoms with E-state index in [9.17, 15) is 9.59 Å². The number of esters is 1. The highest BCUT2D eigenvalue weighted by atomic mass is 32.2. The first-order chi connectivity index (χ1) is 14.6. The summed E-state index contributed by atoms with van der Waals surface area (Å²) in [6.07, 6.45) is 4.84. The second kappa shape index (κ2) is 10.8. The van der Waals surface area contributed by atoms with Crippen LogP contribution in [0.5, 0.6) is 0 Å². The van der Waals surface area contributed by atoms with Crippen LogP contribution in [0.1, 0.15) is 32.1 Å². The van der Waals surface area contributed by atoms with Crippen molar-refractivity contribution in [2.45, 2.75) is 43.1 Å². The minimum Gasteiger partial charge on any atom is -0.483 e. The van der Waals surface area contributed by atoms with Crippen molar-refractivity contribution in [2.24, 2.45) is 5.41 Å². The molecule has 1 N–H and O–H groups in total. The largest absolute Gasteiger partial charge is 0.483 e. The van der Waals surface area contributed by atoms with E-state index in [1.165, 1.54) is 12.8 Å². The Bertz CT molecular complexity index is 715. The van der Waals surface area contributed by atoms with Crippen LogP contribution in [0.2, 0.25) is 0 Å². The van der Waals surface area contributed by atoms with E-state index in [-0.39, 0.29) is 29.9 Å². The van der Waals surface area contributed by atoms with E-state index in [0.29, 0.717) is 18.8 Å². The van der Waals surface area contributed by atoms with Crippen LogP contribution < -0.4 is 0 Å². The van der Waals surface area contributed by atoms with Crippen LogP contribution in [0, 0.1) is 5.41 Å². The summed E-state index contributed by atoms with van der Waals surface area (Å²) in [4.78, 5) is 38.9. The average molecular weight is 435 g/mol. The Morgan fingerprint density at radius 1 is 1.17 bits per heavy atom. The number of ether oxygens (including phenoxy) is 1. The molecule has 1 aromatic carbocycles. The van der Waals surface area contributed by atoms with E-state index in [4.69, 9.17) is 14.6 Å². The van der Waals surface area contributed by atoms with Crippen molar-refractivity contribution >= 4 is 30.1 Å². The highest BCUT2D eigenvalue weighted by molar-refractivity contribution is 8.00. The molecule has 164 valence electrons. The number of amides is 1. The number of cyclic esters (lactones) is 1. The first-order valence-electron chi connectivity index (χ1n) is 10.5. The van der Waals surface area contributed by atoms with Crippen molar-refractivity contribution in [3.63, 3.8) is 0 Å². The number of nitrogens with zero attached hydrogens (tertiary/aromatic N) is 2. The maximum atomic E-state index is 12.6. The second-order valence-electron chi connectivity index (χ2n) is 8.11. The summed E-state index contributed by atoms with van der Waals surface area (Å²) in [5.74, 6) is 0.593. The summed E-state index contributed by atoms with van der Waals surface area (Å²) in [6.45, 7) is 4.22. The molecule has 3 saturated heterocycles. The van der Waals surface area contributed by atoms with Gasteiger partial charge in [-0.1, -0.05) is 18.2 Å². The normalized spacial score (nSPS) is 23.0. The zero-order valence-electron chi connectivity index (χ0n) is 17.2. The summed E-state index contributed by atoms with van der Waals surface area (Å²) >= 11 is 1.58. The molecule has 1 aromatic rings. The lowest BCUT2D eigenvalue weighted by Crippen LogP contribution is -2.45. The quantitative estimate of drug-likeness (QED) is 0.433. The van der Waals surface area contributed by atoms with Crippen LogP contribution in [0.15, 0.2) is 35.2 Å². The lowest BCUT2D eigenvalue weighted by Gasteiger charge is -2.36. The molecule has 3 fully saturated rings. The molecule has 3 aliphatic rings. The van der Waals surface area contributed by atoms with Gasteiger partial charge in [0.1, 0.15) is 6.10 Å². The van der Waals surface area contributed by atoms with E-state index in [1.807, 2.05) is 35.2 Å². The summed E-state index contributed by atoms with van der Waals surface area (Å²) in [5.41, 5.74) is -0.353. The number of hydrogen-bond acceptors (Lipinski definition) is 6. The van der Waals surface area contributed by atoms with Crippen LogP contribution in [0.25, 0.3) is 0 Å². The summed E-state index contributed by atoms with van der Waals surface area (Å²) in [5, 5.41) is 6.89. The Hall–Kier alpha value is -2.06. The minimum atomic E-state index is -0.353. The molecule has 30 heavy (non-hydrogen) atoms. The van der Waals surface area contributed by atoms with Gasteiger partial charge in [-0.15, -0.1) is 11.8 Å². The van der Waals surface area contributed by atoms with Crippen LogP contribution in [0.3, 0.4) is 0 Å². The number of carbonyl (C=O) groups excluding carboxylic acids is 2. The smallest absolute Gasteiger partial charge is 0.312 e. The first kappa shape index (κ1) is 22.6. The Kier molecular flexibility index (Phi) is 8.16. The van der Waals surface area contributed by atoms with Crippen molar-refractivity contribution in [1.82, 2.24) is 9.80 Å². The first-order valence-corrected chi connectivity index (χ1v) is 11.5. The number of rotatable bonds is 5. The zero-order chi connectivity index (χ0) is 21.4. The molecule has 0 saturated carbocycles. The number of carboxylic acid groups (broad SMARTS) is 1. The molecule has 1 amide bonds. The van der Waals surface area contributed by atoms with Gasteiger partial charge in [0.05, 0.1) is 11.2 Å². The van der Waals surface area contributed by atoms with Crippen LogP contribution >= 0.6 is 11.8 Å². The lowest BCUT2D eigenvalue weighted by atomic mass is 9.76. The molecule has 3 aliphatic heterocycles. The van der Waals surface area contributed by atoms with Gasteiger partial charge in [0.15, 0.2) is 0 Å². The molecular weight excluding hydrogens is 404 g/mol. The molecule has 1 spiro atoms. The van der Waals surface area contributed by atoms with Gasteiger partial charge in [-0.2, -0.15) is 0 Å². The van der Waals surface area contributed by atoms with Crippen molar-refractivity contribution in [3.8, 4) is 0 Å². The number of piperidine rings is 1. The fourth-order valence-electron chi connectivity index (χ4n) is 4.54. The van der Waals surface area contributed by atoms with Gasteiger partial charge < -0.3 is 14.7 Å². The number of thioether (sulfide) groups is 1. The third-order valence-electron chi connectivity index (χ3n) is 6.16. The monoisotopic (exact) mass is 434 g/mol. The van der Waals surface area contributed by atoms with Crippen LogP contribution in [-0.2, 0) is 19.1 Å². The van der Waals surface area contributed by atoms with E-state index in [1.54, 1.807) is 11.8 Å². The predicted molar refractivity (Wildman–Crippen MR) is 114 cm³/mol. The molecular formula is C22H30N2O5S. The molecule has 1 atom stereocenters. The van der Waals surface area contributed by atoms with Crippen molar-refractivity contribution in [2.75, 3.05) is 38.5 Å². The second-order valence-corrected chi connectivity index (χ2v) is 9.16. The SMILES string of the molecule is O=C(CSc1ccccc1)N1CCC2(CC1)CC(CN1CCCC1)OC2=O.O=CO. The highest BCUT2D eigenvalue weighted by Crippen LogP contribution is 2.43. The molecule has 0 radical (unpaired) electrons. The van der Waals surface area contributed by atoms with Gasteiger partial charge in [0.2, 0.25) is 5.91 Å². The molecule has 8 heteroatoms. The number of carbonyl (C=O) groups is 3. The summed E-state index contributed by atoms with van der Waals surface area (Å²) < 4.78 is 5.73. The Morgan fingerprint density at radius 2 is 1.80 bits per heavy atom. The van der Waals surface area contributed by atoms with E-state index >= 15 is 0 Å². The van der Waals surface area contributed by atoms with E-state index in [2.05, 4.69) is 4.90 Å². The van der Waals surface area contributed by atoms with Crippen LogP contribution in [-0.4, -0.2) is 77.8 Å². The van der Waals surface area contributed by atoms with Gasteiger partial charge in [0, 0.05) is 31.0 Å². The van der Waals surface area contributed by atoms with Gasteiger partial charge in [0.25, 0.3) is 6.47 Å². The van der Waals surface area contributed by atoms with Gasteiger partial charge >= 0.3 is 5.97 Å². The number of likely N-dealkylation sites (tertiary alicyclic amines) is 2. The predicted octanol–water partition coefficient (Wildman–Crippen LogP) is 2.50. The molecule has 0 bridgehead atoms. The molecule has 3 heterocycles. The highest BCUT2D eigenvalue weighted by Gasteiger charge is 2.51. The Balaban J connectivity index is 0.000000806. The standard InChI is InChI=1S/C21H28N2O3S.CH2O2/c24-19(16-27-18-6-2-1-3-7-18)23-12-8-21(9-13-23)14-17(26-20(21)25)15-22-10-4-5-11-22;2-1-3/h1-3,6-7,17H,4-5,8-16H2;1H,(H,2,3). The maximum Gasteiger partial charge on any atom is 0.312 e.